The van der Waals surface area contributed by atoms with Gasteiger partial charge in [-0.15, -0.1) is 0 Å². The normalized spacial score (nSPS) is 21.5. The predicted octanol–water partition coefficient (Wildman–Crippen LogP) is 4.12. The Balaban J connectivity index is 1.89. The van der Waals surface area contributed by atoms with Crippen LogP contribution in [-0.2, 0) is 14.3 Å². The number of ether oxygens (including phenoxy) is 2. The van der Waals surface area contributed by atoms with Crippen LogP contribution in [0.3, 0.4) is 0 Å². The van der Waals surface area contributed by atoms with Gasteiger partial charge in [0.1, 0.15) is 5.92 Å². The van der Waals surface area contributed by atoms with Crippen molar-refractivity contribution in [2.24, 2.45) is 5.92 Å². The number of benzene rings is 2. The Bertz CT molecular complexity index is 769. The molecule has 0 amide bonds. The van der Waals surface area contributed by atoms with E-state index in [1.165, 1.54) is 0 Å². The molecule has 0 spiro atoms. The fourth-order valence-corrected chi connectivity index (χ4v) is 3.27. The lowest BCUT2D eigenvalue weighted by Crippen LogP contribution is -2.49. The van der Waals surface area contributed by atoms with Crippen molar-refractivity contribution in [3.05, 3.63) is 70.7 Å². The van der Waals surface area contributed by atoms with Gasteiger partial charge in [0, 0.05) is 22.9 Å². The minimum Gasteiger partial charge on any atom is -0.481 e. The van der Waals surface area contributed by atoms with Crippen LogP contribution in [-0.4, -0.2) is 29.4 Å². The van der Waals surface area contributed by atoms with E-state index in [9.17, 15) is 14.7 Å². The highest BCUT2D eigenvalue weighted by Crippen LogP contribution is 2.37. The van der Waals surface area contributed by atoms with Crippen molar-refractivity contribution in [1.29, 1.82) is 0 Å². The molecule has 2 unspecified atom stereocenters. The molecule has 0 radical (unpaired) electrons. The quantitative estimate of drug-likeness (QED) is 0.738. The number of ketones is 1. The van der Waals surface area contributed by atoms with E-state index in [-0.39, 0.29) is 12.2 Å². The Hall–Kier alpha value is -2.21. The number of hydrogen-bond acceptors (Lipinski definition) is 4. The third-order valence-corrected chi connectivity index (χ3v) is 4.71. The molecular formula is C20H19ClO5. The van der Waals surface area contributed by atoms with Crippen molar-refractivity contribution in [3.63, 3.8) is 0 Å². The first-order valence-corrected chi connectivity index (χ1v) is 8.71. The zero-order valence-electron chi connectivity index (χ0n) is 14.2. The van der Waals surface area contributed by atoms with E-state index in [0.29, 0.717) is 10.6 Å². The minimum atomic E-state index is -1.06. The van der Waals surface area contributed by atoms with Crippen LogP contribution >= 0.6 is 11.6 Å². The van der Waals surface area contributed by atoms with Crippen LogP contribution < -0.4 is 0 Å². The maximum atomic E-state index is 12.7. The number of Topliss-reactive ketones (excluding diaryl/α,β-unsaturated/α-hetero) is 1. The molecule has 1 N–H and O–H groups in total. The van der Waals surface area contributed by atoms with Gasteiger partial charge in [-0.2, -0.15) is 0 Å². The molecule has 0 aliphatic carbocycles. The van der Waals surface area contributed by atoms with E-state index in [1.54, 1.807) is 31.2 Å². The Morgan fingerprint density at radius 1 is 1.08 bits per heavy atom. The van der Waals surface area contributed by atoms with E-state index in [4.69, 9.17) is 21.1 Å². The summed E-state index contributed by atoms with van der Waals surface area (Å²) in [4.78, 5) is 24.7. The second kappa shape index (κ2) is 7.99. The lowest BCUT2D eigenvalue weighted by atomic mass is 9.80. The SMILES string of the molecule is CC1OC(C(C(=O)O)C(CC(=O)c2ccc(Cl)cc2)c2ccccc2)O1. The molecule has 6 heteroatoms. The van der Waals surface area contributed by atoms with Crippen LogP contribution in [0.5, 0.6) is 0 Å². The summed E-state index contributed by atoms with van der Waals surface area (Å²) in [6.07, 6.45) is -1.28. The third kappa shape index (κ3) is 4.12. The lowest BCUT2D eigenvalue weighted by Gasteiger charge is -2.40. The average molecular weight is 375 g/mol. The van der Waals surface area contributed by atoms with Crippen molar-refractivity contribution in [3.8, 4) is 0 Å². The van der Waals surface area contributed by atoms with Crippen LogP contribution in [0.4, 0.5) is 0 Å². The van der Waals surface area contributed by atoms with Gasteiger partial charge in [0.2, 0.25) is 0 Å². The lowest BCUT2D eigenvalue weighted by molar-refractivity contribution is -0.390. The van der Waals surface area contributed by atoms with Crippen LogP contribution in [0, 0.1) is 5.92 Å². The molecule has 1 aliphatic heterocycles. The summed E-state index contributed by atoms with van der Waals surface area (Å²) in [6, 6.07) is 15.7. The Kier molecular flexibility index (Phi) is 5.71. The maximum absolute atomic E-state index is 12.7. The highest BCUT2D eigenvalue weighted by Gasteiger charge is 2.44. The van der Waals surface area contributed by atoms with Crippen LogP contribution in [0.1, 0.15) is 35.2 Å². The molecule has 1 aliphatic rings. The summed E-state index contributed by atoms with van der Waals surface area (Å²) < 4.78 is 10.9. The zero-order chi connectivity index (χ0) is 18.7. The van der Waals surface area contributed by atoms with E-state index >= 15 is 0 Å². The van der Waals surface area contributed by atoms with E-state index < -0.39 is 30.4 Å². The Labute approximate surface area is 156 Å². The molecule has 2 aromatic carbocycles. The highest BCUT2D eigenvalue weighted by atomic mass is 35.5. The first-order chi connectivity index (χ1) is 12.5. The molecule has 1 saturated heterocycles. The Morgan fingerprint density at radius 2 is 1.69 bits per heavy atom. The molecule has 26 heavy (non-hydrogen) atoms. The fourth-order valence-electron chi connectivity index (χ4n) is 3.14. The average Bonchev–Trinajstić information content (AvgIpc) is 2.60. The summed E-state index contributed by atoms with van der Waals surface area (Å²) in [5.41, 5.74) is 1.25. The highest BCUT2D eigenvalue weighted by molar-refractivity contribution is 6.30. The van der Waals surface area contributed by atoms with Gasteiger partial charge in [-0.25, -0.2) is 0 Å². The predicted molar refractivity (Wildman–Crippen MR) is 96.1 cm³/mol. The maximum Gasteiger partial charge on any atom is 0.312 e. The van der Waals surface area contributed by atoms with Crippen molar-refractivity contribution in [1.82, 2.24) is 0 Å². The largest absolute Gasteiger partial charge is 0.481 e. The van der Waals surface area contributed by atoms with Crippen molar-refractivity contribution < 1.29 is 24.2 Å². The van der Waals surface area contributed by atoms with Gasteiger partial charge in [-0.05, 0) is 36.8 Å². The number of carbonyl (C=O) groups excluding carboxylic acids is 1. The first kappa shape index (κ1) is 18.6. The van der Waals surface area contributed by atoms with Gasteiger partial charge in [0.25, 0.3) is 0 Å². The number of carboxylic acid groups (broad SMARTS) is 1. The minimum absolute atomic E-state index is 0.0280. The molecule has 0 saturated carbocycles. The monoisotopic (exact) mass is 374 g/mol. The number of carboxylic acids is 1. The topological polar surface area (TPSA) is 72.8 Å². The molecule has 3 rings (SSSR count). The van der Waals surface area contributed by atoms with E-state index in [0.717, 1.165) is 5.56 Å². The summed E-state index contributed by atoms with van der Waals surface area (Å²) >= 11 is 5.87. The van der Waals surface area contributed by atoms with Crippen molar-refractivity contribution in [2.75, 3.05) is 0 Å². The number of aliphatic carboxylic acids is 1. The molecular weight excluding hydrogens is 356 g/mol. The molecule has 136 valence electrons. The number of rotatable bonds is 7. The molecule has 1 fully saturated rings. The van der Waals surface area contributed by atoms with Gasteiger partial charge < -0.3 is 14.6 Å². The number of halogens is 1. The molecule has 2 aromatic rings. The van der Waals surface area contributed by atoms with Crippen molar-refractivity contribution >= 4 is 23.4 Å². The van der Waals surface area contributed by atoms with Gasteiger partial charge in [0.05, 0.1) is 0 Å². The smallest absolute Gasteiger partial charge is 0.312 e. The van der Waals surface area contributed by atoms with Crippen LogP contribution in [0.15, 0.2) is 54.6 Å². The van der Waals surface area contributed by atoms with Gasteiger partial charge in [0.15, 0.2) is 18.4 Å². The summed E-state index contributed by atoms with van der Waals surface area (Å²) in [6.45, 7) is 1.70. The standard InChI is InChI=1S/C20H19ClO5/c1-12-25-20(26-12)18(19(23)24)16(13-5-3-2-4-6-13)11-17(22)14-7-9-15(21)10-8-14/h2-10,12,16,18,20H,11H2,1H3,(H,23,24). The zero-order valence-corrected chi connectivity index (χ0v) is 14.9. The molecule has 0 aromatic heterocycles. The Morgan fingerprint density at radius 3 is 2.23 bits per heavy atom. The summed E-state index contributed by atoms with van der Waals surface area (Å²) in [5.74, 6) is -2.77. The summed E-state index contributed by atoms with van der Waals surface area (Å²) in [5, 5.41) is 10.3. The van der Waals surface area contributed by atoms with Gasteiger partial charge in [-0.1, -0.05) is 41.9 Å². The molecule has 0 bridgehead atoms. The van der Waals surface area contributed by atoms with Crippen molar-refractivity contribution in [2.45, 2.75) is 31.8 Å². The molecule has 2 atom stereocenters. The van der Waals surface area contributed by atoms with Crippen LogP contribution in [0.25, 0.3) is 0 Å². The number of carbonyl (C=O) groups is 2. The van der Waals surface area contributed by atoms with E-state index in [1.807, 2.05) is 30.3 Å². The van der Waals surface area contributed by atoms with Gasteiger partial charge in [-0.3, -0.25) is 9.59 Å². The molecule has 5 nitrogen and oxygen atoms in total. The second-order valence-electron chi connectivity index (χ2n) is 6.22. The fraction of sp³-hybridized carbons (Fsp3) is 0.300. The third-order valence-electron chi connectivity index (χ3n) is 4.46. The second-order valence-corrected chi connectivity index (χ2v) is 6.66. The first-order valence-electron chi connectivity index (χ1n) is 8.33. The van der Waals surface area contributed by atoms with Crippen LogP contribution in [0.2, 0.25) is 5.02 Å². The number of hydrogen-bond donors (Lipinski definition) is 1. The summed E-state index contributed by atoms with van der Waals surface area (Å²) in [7, 11) is 0. The van der Waals surface area contributed by atoms with E-state index in [2.05, 4.69) is 0 Å². The molecule has 1 heterocycles. The van der Waals surface area contributed by atoms with Gasteiger partial charge >= 0.3 is 5.97 Å².